The number of nitrogens with zero attached hydrogens (tertiary/aromatic N) is 5. The van der Waals surface area contributed by atoms with E-state index >= 15 is 0 Å². The van der Waals surface area contributed by atoms with Crippen LogP contribution in [-0.4, -0.2) is 43.8 Å². The maximum Gasteiger partial charge on any atom is 0.229 e. The van der Waals surface area contributed by atoms with Crippen molar-refractivity contribution in [3.8, 4) is 22.6 Å². The van der Waals surface area contributed by atoms with E-state index in [0.29, 0.717) is 12.4 Å². The molecule has 1 amide bonds. The molecule has 4 aromatic heterocycles. The molecule has 2 N–H and O–H groups in total. The van der Waals surface area contributed by atoms with Crippen molar-refractivity contribution in [2.75, 3.05) is 24.2 Å². The Bertz CT molecular complexity index is 1900. The molecule has 1 aliphatic heterocycles. The number of carbonyl (C=O) groups is 1. The van der Waals surface area contributed by atoms with Gasteiger partial charge in [0.1, 0.15) is 5.65 Å². The van der Waals surface area contributed by atoms with E-state index in [1.54, 1.807) is 17.5 Å². The molecular formula is C33H29N7OS. The molecule has 9 heteroatoms. The third kappa shape index (κ3) is 5.39. The second-order valence-electron chi connectivity index (χ2n) is 10.5. The predicted octanol–water partition coefficient (Wildman–Crippen LogP) is 6.43. The van der Waals surface area contributed by atoms with Gasteiger partial charge in [0.15, 0.2) is 0 Å². The second-order valence-corrected chi connectivity index (χ2v) is 11.5. The highest BCUT2D eigenvalue weighted by Crippen LogP contribution is 2.33. The van der Waals surface area contributed by atoms with Gasteiger partial charge in [0.05, 0.1) is 23.5 Å². The van der Waals surface area contributed by atoms with Crippen LogP contribution in [0.1, 0.15) is 16.0 Å². The maximum atomic E-state index is 12.7. The summed E-state index contributed by atoms with van der Waals surface area (Å²) >= 11 is 1.58. The Hall–Kier alpha value is -4.86. The molecule has 0 spiro atoms. The molecule has 7 rings (SSSR count). The van der Waals surface area contributed by atoms with Crippen LogP contribution in [0.3, 0.4) is 0 Å². The normalized spacial score (nSPS) is 13.2. The summed E-state index contributed by atoms with van der Waals surface area (Å²) in [5.41, 5.74) is 8.47. The first-order valence-electron chi connectivity index (χ1n) is 13.9. The largest absolute Gasteiger partial charge is 0.326 e. The first kappa shape index (κ1) is 26.1. The van der Waals surface area contributed by atoms with Gasteiger partial charge in [-0.3, -0.25) is 9.20 Å². The predicted molar refractivity (Wildman–Crippen MR) is 168 cm³/mol. The fourth-order valence-electron chi connectivity index (χ4n) is 5.42. The number of pyridine rings is 1. The number of benzene rings is 2. The molecule has 0 saturated heterocycles. The molecule has 0 bridgehead atoms. The number of rotatable bonds is 7. The van der Waals surface area contributed by atoms with Crippen molar-refractivity contribution in [3.63, 3.8) is 0 Å². The van der Waals surface area contributed by atoms with Gasteiger partial charge in [-0.2, -0.15) is 0 Å². The van der Waals surface area contributed by atoms with Crippen molar-refractivity contribution < 1.29 is 4.79 Å². The monoisotopic (exact) mass is 571 g/mol. The first-order valence-corrected chi connectivity index (χ1v) is 14.8. The highest BCUT2D eigenvalue weighted by molar-refractivity contribution is 7.10. The quantitative estimate of drug-likeness (QED) is 0.230. The molecule has 0 unspecified atom stereocenters. The lowest BCUT2D eigenvalue weighted by atomic mass is 9.99. The van der Waals surface area contributed by atoms with E-state index in [1.807, 2.05) is 76.6 Å². The van der Waals surface area contributed by atoms with Crippen molar-refractivity contribution in [1.82, 2.24) is 24.3 Å². The number of hydrogen-bond acceptors (Lipinski definition) is 7. The minimum Gasteiger partial charge on any atom is -0.326 e. The van der Waals surface area contributed by atoms with Crippen LogP contribution in [-0.2, 0) is 24.2 Å². The number of imidazole rings is 1. The van der Waals surface area contributed by atoms with Crippen molar-refractivity contribution in [2.24, 2.45) is 0 Å². The Morgan fingerprint density at radius 2 is 1.90 bits per heavy atom. The van der Waals surface area contributed by atoms with Crippen LogP contribution in [0.2, 0.25) is 0 Å². The van der Waals surface area contributed by atoms with Gasteiger partial charge in [-0.15, -0.1) is 11.3 Å². The SMILES string of the molecule is CN1CCc2ccc(Nc3nccc(-c4c(-c5cccc(NC(=O)Cc6cccs6)c5)nc5ccccn45)n3)cc2C1. The van der Waals surface area contributed by atoms with Crippen LogP contribution in [0.4, 0.5) is 17.3 Å². The number of carbonyl (C=O) groups excluding carboxylic acids is 1. The second kappa shape index (κ2) is 11.2. The standard InChI is InChI=1S/C33H29N7OS/c1-39-16-13-22-10-11-26(19-24(22)21-39)36-33-34-14-12-28(37-33)32-31(38-29-9-2-3-15-40(29)32)23-6-4-7-25(18-23)35-30(41)20-27-8-5-17-42-27/h2-12,14-15,17-19H,13,16,20-21H2,1H3,(H,35,41)(H,34,36,37). The maximum absolute atomic E-state index is 12.7. The lowest BCUT2D eigenvalue weighted by Crippen LogP contribution is -2.26. The van der Waals surface area contributed by atoms with E-state index in [4.69, 9.17) is 9.97 Å². The molecule has 5 heterocycles. The third-order valence-electron chi connectivity index (χ3n) is 7.43. The van der Waals surface area contributed by atoms with Gasteiger partial charge >= 0.3 is 0 Å². The minimum atomic E-state index is -0.0508. The van der Waals surface area contributed by atoms with E-state index in [-0.39, 0.29) is 5.91 Å². The van der Waals surface area contributed by atoms with Crippen molar-refractivity contribution in [1.29, 1.82) is 0 Å². The van der Waals surface area contributed by atoms with Crippen molar-refractivity contribution in [2.45, 2.75) is 19.4 Å². The van der Waals surface area contributed by atoms with E-state index in [9.17, 15) is 4.79 Å². The number of thiophene rings is 1. The Balaban J connectivity index is 1.21. The number of likely N-dealkylation sites (N-methyl/N-ethyl adjacent to an activating group) is 1. The van der Waals surface area contributed by atoms with E-state index < -0.39 is 0 Å². The lowest BCUT2D eigenvalue weighted by Gasteiger charge is -2.25. The van der Waals surface area contributed by atoms with Gasteiger partial charge in [0.25, 0.3) is 0 Å². The summed E-state index contributed by atoms with van der Waals surface area (Å²) < 4.78 is 2.04. The van der Waals surface area contributed by atoms with Crippen LogP contribution >= 0.6 is 11.3 Å². The average molecular weight is 572 g/mol. The number of anilines is 3. The van der Waals surface area contributed by atoms with Crippen LogP contribution < -0.4 is 10.6 Å². The van der Waals surface area contributed by atoms with E-state index in [0.717, 1.165) is 64.1 Å². The van der Waals surface area contributed by atoms with Gasteiger partial charge in [0.2, 0.25) is 11.9 Å². The Morgan fingerprint density at radius 1 is 0.952 bits per heavy atom. The van der Waals surface area contributed by atoms with E-state index in [1.165, 1.54) is 11.1 Å². The lowest BCUT2D eigenvalue weighted by molar-refractivity contribution is -0.115. The number of amides is 1. The molecule has 0 fully saturated rings. The molecule has 1 aliphatic rings. The molecule has 0 saturated carbocycles. The summed E-state index contributed by atoms with van der Waals surface area (Å²) in [7, 11) is 2.15. The van der Waals surface area contributed by atoms with Crippen LogP contribution in [0.15, 0.2) is 96.6 Å². The average Bonchev–Trinajstić information content (AvgIpc) is 3.65. The first-order chi connectivity index (χ1) is 20.6. The molecule has 0 aliphatic carbocycles. The van der Waals surface area contributed by atoms with Crippen LogP contribution in [0.5, 0.6) is 0 Å². The van der Waals surface area contributed by atoms with Gasteiger partial charge in [-0.1, -0.05) is 30.3 Å². The minimum absolute atomic E-state index is 0.0508. The van der Waals surface area contributed by atoms with Crippen LogP contribution in [0.25, 0.3) is 28.3 Å². The zero-order chi connectivity index (χ0) is 28.5. The molecular weight excluding hydrogens is 542 g/mol. The highest BCUT2D eigenvalue weighted by Gasteiger charge is 2.19. The smallest absolute Gasteiger partial charge is 0.229 e. The summed E-state index contributed by atoms with van der Waals surface area (Å²) in [5, 5.41) is 8.43. The van der Waals surface area contributed by atoms with Crippen LogP contribution in [0, 0.1) is 0 Å². The molecule has 208 valence electrons. The fraction of sp³-hybridized carbons (Fsp3) is 0.152. The number of aromatic nitrogens is 4. The summed E-state index contributed by atoms with van der Waals surface area (Å²) in [5.74, 6) is 0.466. The van der Waals surface area contributed by atoms with Gasteiger partial charge in [0, 0.05) is 47.3 Å². The Kier molecular flexibility index (Phi) is 6.95. The number of nitrogens with one attached hydrogen (secondary N) is 2. The molecule has 8 nitrogen and oxygen atoms in total. The summed E-state index contributed by atoms with van der Waals surface area (Å²) in [6.45, 7) is 2.02. The number of fused-ring (bicyclic) bond motifs is 2. The molecule has 42 heavy (non-hydrogen) atoms. The summed E-state index contributed by atoms with van der Waals surface area (Å²) in [6.07, 6.45) is 5.17. The molecule has 0 radical (unpaired) electrons. The fourth-order valence-corrected chi connectivity index (χ4v) is 6.12. The summed E-state index contributed by atoms with van der Waals surface area (Å²) in [4.78, 5) is 30.5. The van der Waals surface area contributed by atoms with E-state index in [2.05, 4.69) is 45.8 Å². The Morgan fingerprint density at radius 3 is 2.81 bits per heavy atom. The summed E-state index contributed by atoms with van der Waals surface area (Å²) in [6, 6.07) is 26.0. The van der Waals surface area contributed by atoms with Gasteiger partial charge < -0.3 is 15.5 Å². The number of hydrogen-bond donors (Lipinski definition) is 2. The molecule has 0 atom stereocenters. The zero-order valence-corrected chi connectivity index (χ0v) is 23.9. The zero-order valence-electron chi connectivity index (χ0n) is 23.1. The molecule has 2 aromatic carbocycles. The van der Waals surface area contributed by atoms with Crippen molar-refractivity contribution >= 4 is 40.2 Å². The third-order valence-corrected chi connectivity index (χ3v) is 8.30. The highest BCUT2D eigenvalue weighted by atomic mass is 32.1. The topological polar surface area (TPSA) is 87.5 Å². The van der Waals surface area contributed by atoms with Gasteiger partial charge in [-0.25, -0.2) is 15.0 Å². The van der Waals surface area contributed by atoms with Crippen molar-refractivity contribution in [3.05, 3.63) is 113 Å². The Labute approximate surface area is 247 Å². The molecule has 6 aromatic rings. The van der Waals surface area contributed by atoms with Gasteiger partial charge in [-0.05, 0) is 78.5 Å².